The van der Waals surface area contributed by atoms with E-state index >= 15 is 0 Å². The van der Waals surface area contributed by atoms with Gasteiger partial charge >= 0.3 is 0 Å². The van der Waals surface area contributed by atoms with E-state index in [0.717, 1.165) is 6.61 Å². The van der Waals surface area contributed by atoms with Gasteiger partial charge in [-0.3, -0.25) is 4.79 Å². The first-order chi connectivity index (χ1) is 2.93. The SMILES string of the molecule is O=[C]CC1CO1. The largest absolute Gasteiger partial charge is 0.373 e. The Kier molecular flexibility index (Phi) is 0.881. The highest BCUT2D eigenvalue weighted by molar-refractivity contribution is 5.51. The van der Waals surface area contributed by atoms with Crippen molar-refractivity contribution < 1.29 is 9.53 Å². The molecule has 1 atom stereocenters. The number of hydrogen-bond donors (Lipinski definition) is 0. The molecule has 2 nitrogen and oxygen atoms in total. The van der Waals surface area contributed by atoms with Crippen LogP contribution >= 0.6 is 0 Å². The van der Waals surface area contributed by atoms with E-state index in [-0.39, 0.29) is 6.10 Å². The van der Waals surface area contributed by atoms with Crippen LogP contribution in [-0.4, -0.2) is 19.0 Å². The minimum absolute atomic E-state index is 0.225. The quantitative estimate of drug-likeness (QED) is 0.438. The summed E-state index contributed by atoms with van der Waals surface area (Å²) in [4.78, 5) is 9.45. The number of rotatable bonds is 2. The molecule has 1 aliphatic heterocycles. The summed E-state index contributed by atoms with van der Waals surface area (Å²) < 4.78 is 4.69. The third kappa shape index (κ3) is 0.792. The molecule has 0 aromatic carbocycles. The Morgan fingerprint density at radius 3 is 2.83 bits per heavy atom. The highest BCUT2D eigenvalue weighted by Gasteiger charge is 2.21. The van der Waals surface area contributed by atoms with Gasteiger partial charge in [-0.15, -0.1) is 0 Å². The zero-order valence-electron chi connectivity index (χ0n) is 3.31. The third-order valence-corrected chi connectivity index (χ3v) is 0.713. The molecule has 0 N–H and O–H groups in total. The van der Waals surface area contributed by atoms with Crippen LogP contribution in [0.1, 0.15) is 6.42 Å². The molecule has 6 heavy (non-hydrogen) atoms. The summed E-state index contributed by atoms with van der Waals surface area (Å²) in [6, 6.07) is 0. The van der Waals surface area contributed by atoms with Crippen LogP contribution in [0.4, 0.5) is 0 Å². The summed E-state index contributed by atoms with van der Waals surface area (Å²) in [5.74, 6) is 0. The van der Waals surface area contributed by atoms with Crippen LogP contribution in [0.25, 0.3) is 0 Å². The van der Waals surface area contributed by atoms with Crippen LogP contribution in [0, 0.1) is 0 Å². The average molecular weight is 85.1 g/mol. The molecule has 0 bridgehead atoms. The summed E-state index contributed by atoms with van der Waals surface area (Å²) in [6.45, 7) is 0.759. The van der Waals surface area contributed by atoms with E-state index in [2.05, 4.69) is 4.74 Å². The van der Waals surface area contributed by atoms with Crippen molar-refractivity contribution in [2.75, 3.05) is 6.61 Å². The number of carbonyl (C=O) groups excluding carboxylic acids is 1. The molecule has 1 rings (SSSR count). The number of hydrogen-bond acceptors (Lipinski definition) is 2. The lowest BCUT2D eigenvalue weighted by atomic mass is 10.4. The normalized spacial score (nSPS) is 29.7. The van der Waals surface area contributed by atoms with Crippen LogP contribution in [-0.2, 0) is 9.53 Å². The molecule has 0 aromatic heterocycles. The zero-order valence-corrected chi connectivity index (χ0v) is 3.31. The maximum atomic E-state index is 9.45. The molecule has 0 amide bonds. The summed E-state index contributed by atoms with van der Waals surface area (Å²) in [7, 11) is 0. The van der Waals surface area contributed by atoms with Gasteiger partial charge in [-0.2, -0.15) is 0 Å². The minimum Gasteiger partial charge on any atom is -0.373 e. The third-order valence-electron chi connectivity index (χ3n) is 0.713. The van der Waals surface area contributed by atoms with Crippen molar-refractivity contribution in [1.82, 2.24) is 0 Å². The first-order valence-electron chi connectivity index (χ1n) is 1.90. The van der Waals surface area contributed by atoms with Gasteiger partial charge in [-0.1, -0.05) is 0 Å². The molecule has 33 valence electrons. The molecule has 1 aliphatic rings. The summed E-state index contributed by atoms with van der Waals surface area (Å²) in [5, 5.41) is 0. The van der Waals surface area contributed by atoms with Crippen LogP contribution in [0.3, 0.4) is 0 Å². The topological polar surface area (TPSA) is 29.6 Å². The predicted molar refractivity (Wildman–Crippen MR) is 20.1 cm³/mol. The Balaban J connectivity index is 2.00. The highest BCUT2D eigenvalue weighted by atomic mass is 16.6. The fourth-order valence-electron chi connectivity index (χ4n) is 0.279. The standard InChI is InChI=1S/C4H5O2/c5-2-1-4-3-6-4/h4H,1,3H2. The van der Waals surface area contributed by atoms with Crippen molar-refractivity contribution >= 4 is 6.29 Å². The van der Waals surface area contributed by atoms with Crippen LogP contribution in [0.2, 0.25) is 0 Å². The maximum Gasteiger partial charge on any atom is 0.201 e. The van der Waals surface area contributed by atoms with E-state index in [4.69, 9.17) is 0 Å². The van der Waals surface area contributed by atoms with E-state index in [1.165, 1.54) is 0 Å². The predicted octanol–water partition coefficient (Wildman–Crippen LogP) is -0.115. The van der Waals surface area contributed by atoms with E-state index < -0.39 is 0 Å². The van der Waals surface area contributed by atoms with Gasteiger partial charge in [0.25, 0.3) is 0 Å². The van der Waals surface area contributed by atoms with E-state index in [0.29, 0.717) is 6.42 Å². The van der Waals surface area contributed by atoms with Crippen LogP contribution < -0.4 is 0 Å². The second-order valence-electron chi connectivity index (χ2n) is 1.30. The second kappa shape index (κ2) is 1.39. The van der Waals surface area contributed by atoms with E-state index in [1.807, 2.05) is 0 Å². The Morgan fingerprint density at radius 2 is 2.67 bits per heavy atom. The highest BCUT2D eigenvalue weighted by Crippen LogP contribution is 2.10. The van der Waals surface area contributed by atoms with Crippen molar-refractivity contribution in [3.05, 3.63) is 0 Å². The van der Waals surface area contributed by atoms with Gasteiger partial charge < -0.3 is 4.74 Å². The summed E-state index contributed by atoms with van der Waals surface area (Å²) in [5.41, 5.74) is 0. The molecule has 0 aromatic rings. The smallest absolute Gasteiger partial charge is 0.201 e. The first-order valence-corrected chi connectivity index (χ1v) is 1.90. The van der Waals surface area contributed by atoms with Gasteiger partial charge in [0.2, 0.25) is 6.29 Å². The molecule has 1 heterocycles. The number of ether oxygens (including phenoxy) is 1. The van der Waals surface area contributed by atoms with Gasteiger partial charge in [-0.25, -0.2) is 0 Å². The van der Waals surface area contributed by atoms with E-state index in [1.54, 1.807) is 6.29 Å². The van der Waals surface area contributed by atoms with Gasteiger partial charge in [0.1, 0.15) is 0 Å². The molecule has 0 aliphatic carbocycles. The average Bonchev–Trinajstić information content (AvgIpc) is 2.21. The Bertz CT molecular complexity index is 56.6. The minimum atomic E-state index is 0.225. The van der Waals surface area contributed by atoms with Crippen molar-refractivity contribution in [3.63, 3.8) is 0 Å². The second-order valence-corrected chi connectivity index (χ2v) is 1.30. The molecular formula is C4H5O2. The fraction of sp³-hybridized carbons (Fsp3) is 0.750. The summed E-state index contributed by atoms with van der Waals surface area (Å²) in [6.07, 6.45) is 2.44. The summed E-state index contributed by atoms with van der Waals surface area (Å²) >= 11 is 0. The van der Waals surface area contributed by atoms with Crippen LogP contribution in [0.15, 0.2) is 0 Å². The fourth-order valence-corrected chi connectivity index (χ4v) is 0.279. The lowest BCUT2D eigenvalue weighted by molar-refractivity contribution is 0.410. The molecule has 1 fully saturated rings. The van der Waals surface area contributed by atoms with Gasteiger partial charge in [0, 0.05) is 6.42 Å². The van der Waals surface area contributed by atoms with Crippen molar-refractivity contribution in [2.24, 2.45) is 0 Å². The molecule has 0 spiro atoms. The van der Waals surface area contributed by atoms with Gasteiger partial charge in [-0.05, 0) is 0 Å². The van der Waals surface area contributed by atoms with Gasteiger partial charge in [0.15, 0.2) is 0 Å². The number of epoxide rings is 1. The molecule has 1 radical (unpaired) electrons. The zero-order chi connectivity index (χ0) is 4.41. The Hall–Kier alpha value is -0.370. The Morgan fingerprint density at radius 1 is 2.00 bits per heavy atom. The van der Waals surface area contributed by atoms with Gasteiger partial charge in [0.05, 0.1) is 12.7 Å². The first kappa shape index (κ1) is 3.81. The van der Waals surface area contributed by atoms with Crippen molar-refractivity contribution in [2.45, 2.75) is 12.5 Å². The lowest BCUT2D eigenvalue weighted by Gasteiger charge is -1.68. The maximum absolute atomic E-state index is 9.45. The molecule has 1 unspecified atom stereocenters. The molecular weight excluding hydrogens is 80.0 g/mol. The van der Waals surface area contributed by atoms with Crippen molar-refractivity contribution in [3.8, 4) is 0 Å². The molecule has 1 saturated heterocycles. The molecule has 2 heteroatoms. The monoisotopic (exact) mass is 85.0 g/mol. The van der Waals surface area contributed by atoms with Crippen LogP contribution in [0.5, 0.6) is 0 Å². The van der Waals surface area contributed by atoms with E-state index in [9.17, 15) is 4.79 Å². The Labute approximate surface area is 36.1 Å². The molecule has 0 saturated carbocycles. The lowest BCUT2D eigenvalue weighted by Crippen LogP contribution is -1.82. The van der Waals surface area contributed by atoms with Crippen molar-refractivity contribution in [1.29, 1.82) is 0 Å².